The summed E-state index contributed by atoms with van der Waals surface area (Å²) in [5, 5.41) is 2.56. The topological polar surface area (TPSA) is 29.1 Å². The smallest absolute Gasteiger partial charge is 0.322 e. The number of carbonyl (C=O) groups excluding carboxylic acids is 1. The molecule has 0 bridgehead atoms. The molecule has 0 aromatic heterocycles. The van der Waals surface area contributed by atoms with Crippen LogP contribution < -0.4 is 5.32 Å². The molecule has 2 aromatic carbocycles. The Morgan fingerprint density at radius 3 is 2.32 bits per heavy atom. The second-order valence-corrected chi connectivity index (χ2v) is 3.82. The molecule has 2 rings (SSSR count). The largest absolute Gasteiger partial charge is 0.416 e. The molecule has 0 saturated carbocycles. The highest BCUT2D eigenvalue weighted by molar-refractivity contribution is 6.04. The first-order valence-electron chi connectivity index (χ1n) is 5.41. The normalized spacial score (nSPS) is 11.1. The number of rotatable bonds is 2. The van der Waals surface area contributed by atoms with E-state index in [4.69, 9.17) is 0 Å². The third-order valence-electron chi connectivity index (χ3n) is 2.44. The number of amides is 1. The summed E-state index contributed by atoms with van der Waals surface area (Å²) in [5.41, 5.74) is -0.0821. The fraction of sp³-hybridized carbons (Fsp3) is 0.0714. The molecule has 19 heavy (non-hydrogen) atoms. The summed E-state index contributed by atoms with van der Waals surface area (Å²) < 4.78 is 37.1. The van der Waals surface area contributed by atoms with E-state index < -0.39 is 17.6 Å². The number of halogens is 3. The highest BCUT2D eigenvalue weighted by Gasteiger charge is 2.30. The van der Waals surface area contributed by atoms with Crippen LogP contribution in [0, 0.1) is 6.07 Å². The van der Waals surface area contributed by atoms with E-state index in [1.54, 1.807) is 24.3 Å². The lowest BCUT2D eigenvalue weighted by Crippen LogP contribution is -2.12. The number of benzene rings is 2. The molecule has 0 fully saturated rings. The number of nitrogens with one attached hydrogen (secondary N) is 1. The SMILES string of the molecule is O=C(Nc1c[c]ccc1)c1ccc(C(F)(F)F)cc1. The van der Waals surface area contributed by atoms with Crippen LogP contribution >= 0.6 is 0 Å². The summed E-state index contributed by atoms with van der Waals surface area (Å²) in [6, 6.07) is 13.4. The molecule has 1 amide bonds. The van der Waals surface area contributed by atoms with Crippen LogP contribution in [0.25, 0.3) is 0 Å². The maximum atomic E-state index is 12.4. The van der Waals surface area contributed by atoms with Crippen molar-refractivity contribution in [1.82, 2.24) is 0 Å². The number of hydrogen-bond acceptors (Lipinski definition) is 1. The van der Waals surface area contributed by atoms with Gasteiger partial charge in [-0.05, 0) is 42.5 Å². The molecule has 0 saturated heterocycles. The zero-order valence-corrected chi connectivity index (χ0v) is 9.66. The summed E-state index contributed by atoms with van der Waals surface area (Å²) in [4.78, 5) is 11.8. The molecule has 0 unspecified atom stereocenters. The second-order valence-electron chi connectivity index (χ2n) is 3.82. The van der Waals surface area contributed by atoms with Crippen LogP contribution in [0.3, 0.4) is 0 Å². The van der Waals surface area contributed by atoms with E-state index in [-0.39, 0.29) is 5.56 Å². The molecule has 0 spiro atoms. The Labute approximate surface area is 107 Å². The Morgan fingerprint density at radius 2 is 1.79 bits per heavy atom. The lowest BCUT2D eigenvalue weighted by atomic mass is 10.1. The van der Waals surface area contributed by atoms with Gasteiger partial charge in [0.15, 0.2) is 0 Å². The van der Waals surface area contributed by atoms with Gasteiger partial charge in [0, 0.05) is 11.3 Å². The van der Waals surface area contributed by atoms with E-state index in [1.807, 2.05) is 0 Å². The van der Waals surface area contributed by atoms with E-state index in [9.17, 15) is 18.0 Å². The molecule has 0 aliphatic rings. The first kappa shape index (κ1) is 13.1. The summed E-state index contributed by atoms with van der Waals surface area (Å²) in [6.07, 6.45) is -4.40. The highest BCUT2D eigenvalue weighted by atomic mass is 19.4. The van der Waals surface area contributed by atoms with E-state index in [0.29, 0.717) is 5.69 Å². The van der Waals surface area contributed by atoms with Crippen LogP contribution in [0.15, 0.2) is 48.5 Å². The molecule has 2 nitrogen and oxygen atoms in total. The fourth-order valence-corrected chi connectivity index (χ4v) is 1.48. The van der Waals surface area contributed by atoms with Gasteiger partial charge in [0.2, 0.25) is 0 Å². The molecule has 0 atom stereocenters. The third kappa shape index (κ3) is 3.34. The van der Waals surface area contributed by atoms with Crippen molar-refractivity contribution >= 4 is 11.6 Å². The molecule has 0 aliphatic heterocycles. The van der Waals surface area contributed by atoms with Gasteiger partial charge >= 0.3 is 6.18 Å². The van der Waals surface area contributed by atoms with Crippen LogP contribution in [0.2, 0.25) is 0 Å². The van der Waals surface area contributed by atoms with Crippen LogP contribution in [0.4, 0.5) is 18.9 Å². The summed E-state index contributed by atoms with van der Waals surface area (Å²) in [6.45, 7) is 0. The van der Waals surface area contributed by atoms with E-state index in [2.05, 4.69) is 11.4 Å². The fourth-order valence-electron chi connectivity index (χ4n) is 1.48. The Bertz CT molecular complexity index is 561. The van der Waals surface area contributed by atoms with Crippen molar-refractivity contribution in [3.63, 3.8) is 0 Å². The monoisotopic (exact) mass is 264 g/mol. The molecule has 0 heterocycles. The first-order chi connectivity index (χ1) is 8.97. The van der Waals surface area contributed by atoms with Gasteiger partial charge in [-0.25, -0.2) is 0 Å². The first-order valence-corrected chi connectivity index (χ1v) is 5.41. The van der Waals surface area contributed by atoms with Gasteiger partial charge in [0.1, 0.15) is 0 Å². The molecule has 5 heteroatoms. The van der Waals surface area contributed by atoms with Crippen LogP contribution in [-0.2, 0) is 6.18 Å². The summed E-state index contributed by atoms with van der Waals surface area (Å²) >= 11 is 0. The quantitative estimate of drug-likeness (QED) is 0.879. The lowest BCUT2D eigenvalue weighted by molar-refractivity contribution is -0.137. The Balaban J connectivity index is 2.12. The van der Waals surface area contributed by atoms with Gasteiger partial charge in [0.25, 0.3) is 5.91 Å². The molecular weight excluding hydrogens is 255 g/mol. The van der Waals surface area contributed by atoms with Gasteiger partial charge < -0.3 is 5.32 Å². The van der Waals surface area contributed by atoms with Crippen molar-refractivity contribution in [1.29, 1.82) is 0 Å². The van der Waals surface area contributed by atoms with Gasteiger partial charge in [-0.2, -0.15) is 13.2 Å². The Hall–Kier alpha value is -2.30. The van der Waals surface area contributed by atoms with Crippen molar-refractivity contribution in [2.45, 2.75) is 6.18 Å². The molecule has 1 radical (unpaired) electrons. The minimum atomic E-state index is -4.40. The number of alkyl halides is 3. The van der Waals surface area contributed by atoms with Crippen LogP contribution in [0.1, 0.15) is 15.9 Å². The minimum Gasteiger partial charge on any atom is -0.322 e. The van der Waals surface area contributed by atoms with Crippen molar-refractivity contribution < 1.29 is 18.0 Å². The zero-order valence-electron chi connectivity index (χ0n) is 9.66. The molecule has 1 N–H and O–H groups in total. The lowest BCUT2D eigenvalue weighted by Gasteiger charge is -2.08. The Morgan fingerprint density at radius 1 is 1.11 bits per heavy atom. The highest BCUT2D eigenvalue weighted by Crippen LogP contribution is 2.29. The second kappa shape index (κ2) is 5.14. The van der Waals surface area contributed by atoms with E-state index in [1.165, 1.54) is 0 Å². The Kier molecular flexibility index (Phi) is 3.55. The molecule has 2 aromatic rings. The van der Waals surface area contributed by atoms with E-state index >= 15 is 0 Å². The zero-order chi connectivity index (χ0) is 13.9. The number of hydrogen-bond donors (Lipinski definition) is 1. The third-order valence-corrected chi connectivity index (χ3v) is 2.44. The van der Waals surface area contributed by atoms with Gasteiger partial charge in [-0.1, -0.05) is 12.1 Å². The standard InChI is InChI=1S/C14H9F3NO/c15-14(16,17)11-8-6-10(7-9-11)13(19)18-12-4-2-1-3-5-12/h1-2,4-9H,(H,18,19). The van der Waals surface area contributed by atoms with Crippen LogP contribution in [-0.4, -0.2) is 5.91 Å². The maximum absolute atomic E-state index is 12.4. The van der Waals surface area contributed by atoms with Crippen molar-refractivity contribution in [2.24, 2.45) is 0 Å². The van der Waals surface area contributed by atoms with Gasteiger partial charge in [0.05, 0.1) is 5.56 Å². The number of anilines is 1. The molecular formula is C14H9F3NO. The summed E-state index contributed by atoms with van der Waals surface area (Å²) in [7, 11) is 0. The predicted octanol–water partition coefficient (Wildman–Crippen LogP) is 3.76. The van der Waals surface area contributed by atoms with Gasteiger partial charge in [-0.15, -0.1) is 0 Å². The summed E-state index contributed by atoms with van der Waals surface area (Å²) in [5.74, 6) is -0.465. The van der Waals surface area contributed by atoms with E-state index in [0.717, 1.165) is 24.3 Å². The van der Waals surface area contributed by atoms with Crippen molar-refractivity contribution in [3.8, 4) is 0 Å². The average Bonchev–Trinajstić information content (AvgIpc) is 2.39. The van der Waals surface area contributed by atoms with Crippen molar-refractivity contribution in [3.05, 3.63) is 65.7 Å². The molecule has 97 valence electrons. The van der Waals surface area contributed by atoms with Gasteiger partial charge in [-0.3, -0.25) is 4.79 Å². The minimum absolute atomic E-state index is 0.164. The number of carbonyl (C=O) groups is 1. The van der Waals surface area contributed by atoms with Crippen LogP contribution in [0.5, 0.6) is 0 Å². The predicted molar refractivity (Wildman–Crippen MR) is 64.7 cm³/mol. The average molecular weight is 264 g/mol. The molecule has 0 aliphatic carbocycles. The maximum Gasteiger partial charge on any atom is 0.416 e. The van der Waals surface area contributed by atoms with Crippen molar-refractivity contribution in [2.75, 3.05) is 5.32 Å².